The lowest BCUT2D eigenvalue weighted by atomic mass is 9.89. The van der Waals surface area contributed by atoms with Gasteiger partial charge in [0.25, 0.3) is 0 Å². The maximum Gasteiger partial charge on any atom is 0.0716 e. The number of hydrogen-bond acceptors (Lipinski definition) is 3. The molecule has 0 bridgehead atoms. The minimum Gasteiger partial charge on any atom is -0.380 e. The molecule has 2 unspecified atom stereocenters. The van der Waals surface area contributed by atoms with Gasteiger partial charge < -0.3 is 10.5 Å². The largest absolute Gasteiger partial charge is 0.380 e. The average molecular weight is 234 g/mol. The van der Waals surface area contributed by atoms with E-state index in [1.807, 2.05) is 0 Å². The molecule has 1 aromatic carbocycles. The molecular weight excluding hydrogens is 212 g/mol. The predicted molar refractivity (Wildman–Crippen MR) is 69.7 cm³/mol. The Kier molecular flexibility index (Phi) is 4.15. The van der Waals surface area contributed by atoms with Crippen LogP contribution in [0.5, 0.6) is 0 Å². The van der Waals surface area contributed by atoms with Crippen LogP contribution in [-0.2, 0) is 11.3 Å². The normalized spacial score (nSPS) is 26.1. The first-order valence-electron chi connectivity index (χ1n) is 6.26. The van der Waals surface area contributed by atoms with Crippen LogP contribution in [0.25, 0.3) is 0 Å². The molecule has 1 aliphatic rings. The van der Waals surface area contributed by atoms with Gasteiger partial charge in [0, 0.05) is 19.2 Å². The Hall–Kier alpha value is -0.900. The van der Waals surface area contributed by atoms with Gasteiger partial charge in [-0.05, 0) is 37.6 Å². The summed E-state index contributed by atoms with van der Waals surface area (Å²) in [5.74, 6) is 0. The monoisotopic (exact) mass is 234 g/mol. The molecule has 0 aromatic heterocycles. The van der Waals surface area contributed by atoms with Gasteiger partial charge in [0.15, 0.2) is 0 Å². The van der Waals surface area contributed by atoms with Crippen LogP contribution in [0.2, 0.25) is 0 Å². The predicted octanol–water partition coefficient (Wildman–Crippen LogP) is 1.93. The van der Waals surface area contributed by atoms with Crippen molar-refractivity contribution in [2.45, 2.75) is 31.5 Å². The summed E-state index contributed by atoms with van der Waals surface area (Å²) < 4.78 is 5.27. The van der Waals surface area contributed by atoms with Gasteiger partial charge in [0.2, 0.25) is 0 Å². The third kappa shape index (κ3) is 2.68. The van der Waals surface area contributed by atoms with Gasteiger partial charge in [0.05, 0.1) is 6.61 Å². The van der Waals surface area contributed by atoms with Gasteiger partial charge in [-0.2, -0.15) is 0 Å². The average Bonchev–Trinajstić information content (AvgIpc) is 2.31. The molecule has 1 fully saturated rings. The molecule has 1 aliphatic heterocycles. The van der Waals surface area contributed by atoms with Crippen LogP contribution in [0, 0.1) is 0 Å². The number of piperidine rings is 1. The van der Waals surface area contributed by atoms with Crippen molar-refractivity contribution < 1.29 is 4.74 Å². The van der Waals surface area contributed by atoms with Crippen molar-refractivity contribution in [1.82, 2.24) is 4.90 Å². The first kappa shape index (κ1) is 12.6. The zero-order chi connectivity index (χ0) is 12.3. The second-order valence-corrected chi connectivity index (χ2v) is 4.86. The molecule has 2 atom stereocenters. The second-order valence-electron chi connectivity index (χ2n) is 4.86. The highest BCUT2D eigenvalue weighted by atomic mass is 16.5. The van der Waals surface area contributed by atoms with Crippen LogP contribution in [0.3, 0.4) is 0 Å². The van der Waals surface area contributed by atoms with E-state index in [4.69, 9.17) is 10.5 Å². The standard InChI is InChI=1S/C14H22N2O/c1-16-9-5-8-13(15)14(16)12-7-4-3-6-11(12)10-17-2/h3-4,6-7,13-14H,5,8-10,15H2,1-2H3. The number of benzene rings is 1. The van der Waals surface area contributed by atoms with E-state index >= 15 is 0 Å². The second kappa shape index (κ2) is 5.63. The molecule has 17 heavy (non-hydrogen) atoms. The fourth-order valence-electron chi connectivity index (χ4n) is 2.78. The summed E-state index contributed by atoms with van der Waals surface area (Å²) in [5.41, 5.74) is 8.86. The van der Waals surface area contributed by atoms with Crippen LogP contribution < -0.4 is 5.73 Å². The van der Waals surface area contributed by atoms with Crippen molar-refractivity contribution in [2.75, 3.05) is 20.7 Å². The third-order valence-corrected chi connectivity index (χ3v) is 3.60. The van der Waals surface area contributed by atoms with Crippen molar-refractivity contribution in [3.05, 3.63) is 35.4 Å². The first-order chi connectivity index (χ1) is 8.24. The zero-order valence-corrected chi connectivity index (χ0v) is 10.7. The lowest BCUT2D eigenvalue weighted by Crippen LogP contribution is -2.44. The highest BCUT2D eigenvalue weighted by Gasteiger charge is 2.29. The molecule has 0 amide bonds. The smallest absolute Gasteiger partial charge is 0.0716 e. The number of likely N-dealkylation sites (N-methyl/N-ethyl adjacent to an activating group) is 1. The Labute approximate surface area is 104 Å². The molecule has 2 rings (SSSR count). The zero-order valence-electron chi connectivity index (χ0n) is 10.7. The highest BCUT2D eigenvalue weighted by molar-refractivity contribution is 5.31. The summed E-state index contributed by atoms with van der Waals surface area (Å²) in [5, 5.41) is 0. The Morgan fingerprint density at radius 2 is 2.18 bits per heavy atom. The lowest BCUT2D eigenvalue weighted by molar-refractivity contribution is 0.153. The van der Waals surface area contributed by atoms with Gasteiger partial charge in [-0.25, -0.2) is 0 Å². The fourth-order valence-corrected chi connectivity index (χ4v) is 2.78. The van der Waals surface area contributed by atoms with Crippen LogP contribution in [0.15, 0.2) is 24.3 Å². The van der Waals surface area contributed by atoms with Crippen LogP contribution in [-0.4, -0.2) is 31.6 Å². The number of hydrogen-bond donors (Lipinski definition) is 1. The Morgan fingerprint density at radius 3 is 2.88 bits per heavy atom. The molecule has 3 heteroatoms. The van der Waals surface area contributed by atoms with Crippen molar-refractivity contribution in [2.24, 2.45) is 5.73 Å². The number of likely N-dealkylation sites (tertiary alicyclic amines) is 1. The number of methoxy groups -OCH3 is 1. The summed E-state index contributed by atoms with van der Waals surface area (Å²) in [6.45, 7) is 1.78. The molecule has 0 radical (unpaired) electrons. The SMILES string of the molecule is COCc1ccccc1C1C(N)CCCN1C. The quantitative estimate of drug-likeness (QED) is 0.868. The molecule has 3 nitrogen and oxygen atoms in total. The van der Waals surface area contributed by atoms with Crippen LogP contribution in [0.4, 0.5) is 0 Å². The molecule has 94 valence electrons. The lowest BCUT2D eigenvalue weighted by Gasteiger charge is -2.38. The maximum atomic E-state index is 6.28. The van der Waals surface area contributed by atoms with E-state index in [9.17, 15) is 0 Å². The number of ether oxygens (including phenoxy) is 1. The Bertz CT molecular complexity index is 357. The van der Waals surface area contributed by atoms with Crippen molar-refractivity contribution in [3.8, 4) is 0 Å². The van der Waals surface area contributed by atoms with Crippen molar-refractivity contribution in [1.29, 1.82) is 0 Å². The van der Waals surface area contributed by atoms with Gasteiger partial charge >= 0.3 is 0 Å². The van der Waals surface area contributed by atoms with Crippen molar-refractivity contribution in [3.63, 3.8) is 0 Å². The van der Waals surface area contributed by atoms with E-state index in [0.717, 1.165) is 13.0 Å². The van der Waals surface area contributed by atoms with Gasteiger partial charge in [-0.1, -0.05) is 24.3 Å². The van der Waals surface area contributed by atoms with Gasteiger partial charge in [-0.15, -0.1) is 0 Å². The molecular formula is C14H22N2O. The number of nitrogens with zero attached hydrogens (tertiary/aromatic N) is 1. The fraction of sp³-hybridized carbons (Fsp3) is 0.571. The Balaban J connectivity index is 2.30. The number of rotatable bonds is 3. The molecule has 0 aliphatic carbocycles. The van der Waals surface area contributed by atoms with E-state index in [2.05, 4.69) is 36.2 Å². The summed E-state index contributed by atoms with van der Waals surface area (Å²) in [4.78, 5) is 2.36. The van der Waals surface area contributed by atoms with E-state index in [0.29, 0.717) is 12.6 Å². The topological polar surface area (TPSA) is 38.5 Å². The Morgan fingerprint density at radius 1 is 1.41 bits per heavy atom. The minimum atomic E-state index is 0.228. The third-order valence-electron chi connectivity index (χ3n) is 3.60. The van der Waals surface area contributed by atoms with E-state index in [-0.39, 0.29) is 6.04 Å². The van der Waals surface area contributed by atoms with E-state index in [1.165, 1.54) is 17.5 Å². The summed E-state index contributed by atoms with van der Waals surface area (Å²) in [6, 6.07) is 9.02. The van der Waals surface area contributed by atoms with Crippen LogP contribution >= 0.6 is 0 Å². The van der Waals surface area contributed by atoms with E-state index < -0.39 is 0 Å². The van der Waals surface area contributed by atoms with Crippen LogP contribution in [0.1, 0.15) is 30.0 Å². The van der Waals surface area contributed by atoms with Gasteiger partial charge in [0.1, 0.15) is 0 Å². The van der Waals surface area contributed by atoms with Gasteiger partial charge in [-0.3, -0.25) is 4.90 Å². The molecule has 1 saturated heterocycles. The summed E-state index contributed by atoms with van der Waals surface area (Å²) >= 11 is 0. The minimum absolute atomic E-state index is 0.228. The molecule has 1 heterocycles. The van der Waals surface area contributed by atoms with E-state index in [1.54, 1.807) is 7.11 Å². The maximum absolute atomic E-state index is 6.28. The molecule has 0 spiro atoms. The summed E-state index contributed by atoms with van der Waals surface area (Å²) in [6.07, 6.45) is 2.30. The summed E-state index contributed by atoms with van der Waals surface area (Å²) in [7, 11) is 3.90. The highest BCUT2D eigenvalue weighted by Crippen LogP contribution is 2.31. The molecule has 2 N–H and O–H groups in total. The first-order valence-corrected chi connectivity index (χ1v) is 6.26. The number of nitrogens with two attached hydrogens (primary N) is 1. The molecule has 1 aromatic rings. The van der Waals surface area contributed by atoms with Crippen molar-refractivity contribution >= 4 is 0 Å². The molecule has 0 saturated carbocycles.